The molecule has 0 spiro atoms. The van der Waals surface area contributed by atoms with Gasteiger partial charge in [0.1, 0.15) is 5.75 Å². The number of aromatic hydroxyl groups is 1. The molecule has 16 heavy (non-hydrogen) atoms. The topological polar surface area (TPSA) is 43.7 Å². The number of nitrogens with zero attached hydrogens (tertiary/aromatic N) is 1. The first-order chi connectivity index (χ1) is 7.63. The molecule has 1 fully saturated rings. The first kappa shape index (κ1) is 11.3. The van der Waals surface area contributed by atoms with E-state index in [0.717, 1.165) is 12.2 Å². The summed E-state index contributed by atoms with van der Waals surface area (Å²) in [5.41, 5.74) is 1.64. The number of benzene rings is 1. The molecule has 1 aromatic rings. The summed E-state index contributed by atoms with van der Waals surface area (Å²) in [5, 5.41) is 19.3. The zero-order chi connectivity index (χ0) is 11.7. The van der Waals surface area contributed by atoms with Crippen LogP contribution in [0.2, 0.25) is 0 Å². The van der Waals surface area contributed by atoms with Crippen LogP contribution in [0.1, 0.15) is 38.4 Å². The Morgan fingerprint density at radius 2 is 2.12 bits per heavy atom. The van der Waals surface area contributed by atoms with Crippen molar-refractivity contribution in [2.75, 3.05) is 11.4 Å². The Bertz CT molecular complexity index is 372. The Kier molecular flexibility index (Phi) is 3.06. The summed E-state index contributed by atoms with van der Waals surface area (Å²) in [5.74, 6) is 0.187. The van der Waals surface area contributed by atoms with Crippen LogP contribution in [-0.4, -0.2) is 22.8 Å². The fraction of sp³-hybridized carbons (Fsp3) is 0.538. The van der Waals surface area contributed by atoms with Crippen molar-refractivity contribution in [1.82, 2.24) is 0 Å². The van der Waals surface area contributed by atoms with Crippen molar-refractivity contribution < 1.29 is 10.2 Å². The molecule has 3 heteroatoms. The van der Waals surface area contributed by atoms with Gasteiger partial charge in [-0.15, -0.1) is 0 Å². The van der Waals surface area contributed by atoms with E-state index in [0.29, 0.717) is 11.6 Å². The molecule has 0 radical (unpaired) electrons. The van der Waals surface area contributed by atoms with Gasteiger partial charge >= 0.3 is 0 Å². The number of aliphatic hydroxyl groups is 1. The number of aliphatic hydroxyl groups excluding tert-OH is 1. The molecule has 1 saturated carbocycles. The van der Waals surface area contributed by atoms with Gasteiger partial charge in [0.25, 0.3) is 0 Å². The lowest BCUT2D eigenvalue weighted by molar-refractivity contribution is 0.195. The maximum absolute atomic E-state index is 9.82. The van der Waals surface area contributed by atoms with Crippen LogP contribution in [0.3, 0.4) is 0 Å². The van der Waals surface area contributed by atoms with Gasteiger partial charge in [0.2, 0.25) is 0 Å². The van der Waals surface area contributed by atoms with Crippen LogP contribution < -0.4 is 4.90 Å². The summed E-state index contributed by atoms with van der Waals surface area (Å²) in [4.78, 5) is 2.30. The number of hydrogen-bond donors (Lipinski definition) is 2. The van der Waals surface area contributed by atoms with Gasteiger partial charge in [0.15, 0.2) is 0 Å². The van der Waals surface area contributed by atoms with E-state index >= 15 is 0 Å². The Hall–Kier alpha value is -1.22. The van der Waals surface area contributed by atoms with E-state index in [1.54, 1.807) is 19.1 Å². The zero-order valence-electron chi connectivity index (χ0n) is 9.85. The van der Waals surface area contributed by atoms with Gasteiger partial charge in [-0.2, -0.15) is 0 Å². The first-order valence-corrected chi connectivity index (χ1v) is 5.91. The molecule has 0 aliphatic heterocycles. The molecule has 0 aromatic heterocycles. The second-order valence-corrected chi connectivity index (χ2v) is 4.44. The summed E-state index contributed by atoms with van der Waals surface area (Å²) < 4.78 is 0. The van der Waals surface area contributed by atoms with Crippen molar-refractivity contribution >= 4 is 5.69 Å². The van der Waals surface area contributed by atoms with Crippen LogP contribution in [0.15, 0.2) is 18.2 Å². The van der Waals surface area contributed by atoms with Crippen molar-refractivity contribution in [3.8, 4) is 5.75 Å². The number of phenolic OH excluding ortho intramolecular Hbond substituents is 1. The number of phenols is 1. The predicted octanol–water partition coefficient (Wildman–Crippen LogP) is 2.43. The lowest BCUT2D eigenvalue weighted by Gasteiger charge is -2.23. The summed E-state index contributed by atoms with van der Waals surface area (Å²) in [6, 6.07) is 6.18. The lowest BCUT2D eigenvalue weighted by atomic mass is 10.1. The highest BCUT2D eigenvalue weighted by molar-refractivity contribution is 5.55. The van der Waals surface area contributed by atoms with E-state index in [1.807, 2.05) is 6.07 Å². The second kappa shape index (κ2) is 4.34. The van der Waals surface area contributed by atoms with Crippen LogP contribution in [-0.2, 0) is 0 Å². The standard InChI is InChI=1S/C13H19NO2/c1-3-14(10-4-5-10)11-6-7-12(9(2)15)13(16)8-11/h6-10,15-16H,3-5H2,1-2H3. The number of anilines is 1. The van der Waals surface area contributed by atoms with E-state index in [-0.39, 0.29) is 5.75 Å². The van der Waals surface area contributed by atoms with Crippen LogP contribution in [0.4, 0.5) is 5.69 Å². The Morgan fingerprint density at radius 1 is 1.44 bits per heavy atom. The molecule has 1 aliphatic rings. The maximum atomic E-state index is 9.82. The summed E-state index contributed by atoms with van der Waals surface area (Å²) in [7, 11) is 0. The average molecular weight is 221 g/mol. The molecule has 0 amide bonds. The fourth-order valence-electron chi connectivity index (χ4n) is 2.10. The molecule has 1 atom stereocenters. The smallest absolute Gasteiger partial charge is 0.123 e. The summed E-state index contributed by atoms with van der Waals surface area (Å²) in [6.45, 7) is 4.74. The molecule has 0 bridgehead atoms. The largest absolute Gasteiger partial charge is 0.507 e. The van der Waals surface area contributed by atoms with E-state index in [9.17, 15) is 10.2 Å². The summed E-state index contributed by atoms with van der Waals surface area (Å²) in [6.07, 6.45) is 1.87. The van der Waals surface area contributed by atoms with Gasteiger partial charge in [-0.25, -0.2) is 0 Å². The van der Waals surface area contributed by atoms with Gasteiger partial charge in [-0.3, -0.25) is 0 Å². The highest BCUT2D eigenvalue weighted by Gasteiger charge is 2.28. The van der Waals surface area contributed by atoms with Crippen LogP contribution in [0.25, 0.3) is 0 Å². The third-order valence-electron chi connectivity index (χ3n) is 3.12. The normalized spacial score (nSPS) is 17.2. The molecule has 1 aromatic carbocycles. The quantitative estimate of drug-likeness (QED) is 0.820. The molecule has 1 unspecified atom stereocenters. The second-order valence-electron chi connectivity index (χ2n) is 4.44. The molecule has 1 aliphatic carbocycles. The Labute approximate surface area is 96.3 Å². The average Bonchev–Trinajstić information content (AvgIpc) is 3.02. The monoisotopic (exact) mass is 221 g/mol. The van der Waals surface area contributed by atoms with E-state index in [1.165, 1.54) is 12.8 Å². The van der Waals surface area contributed by atoms with Crippen LogP contribution in [0.5, 0.6) is 5.75 Å². The third kappa shape index (κ3) is 2.14. The van der Waals surface area contributed by atoms with E-state index < -0.39 is 6.10 Å². The van der Waals surface area contributed by atoms with Gasteiger partial charge < -0.3 is 15.1 Å². The minimum atomic E-state index is -0.620. The molecule has 3 nitrogen and oxygen atoms in total. The molecule has 2 rings (SSSR count). The lowest BCUT2D eigenvalue weighted by Crippen LogP contribution is -2.24. The molecule has 0 heterocycles. The van der Waals surface area contributed by atoms with Gasteiger partial charge in [-0.1, -0.05) is 6.07 Å². The predicted molar refractivity (Wildman–Crippen MR) is 64.8 cm³/mol. The Morgan fingerprint density at radius 3 is 2.56 bits per heavy atom. The SMILES string of the molecule is CCN(c1ccc(C(C)O)c(O)c1)C1CC1. The van der Waals surface area contributed by atoms with Gasteiger partial charge in [0, 0.05) is 29.9 Å². The van der Waals surface area contributed by atoms with Crippen molar-refractivity contribution in [3.05, 3.63) is 23.8 Å². The highest BCUT2D eigenvalue weighted by atomic mass is 16.3. The molecular formula is C13H19NO2. The van der Waals surface area contributed by atoms with Crippen molar-refractivity contribution in [1.29, 1.82) is 0 Å². The Balaban J connectivity index is 2.25. The molecule has 2 N–H and O–H groups in total. The highest BCUT2D eigenvalue weighted by Crippen LogP contribution is 2.35. The molecular weight excluding hydrogens is 202 g/mol. The molecule has 0 saturated heterocycles. The number of rotatable bonds is 4. The maximum Gasteiger partial charge on any atom is 0.123 e. The summed E-state index contributed by atoms with van der Waals surface area (Å²) >= 11 is 0. The number of hydrogen-bond acceptors (Lipinski definition) is 3. The van der Waals surface area contributed by atoms with Crippen molar-refractivity contribution in [2.45, 2.75) is 38.8 Å². The van der Waals surface area contributed by atoms with E-state index in [4.69, 9.17) is 0 Å². The van der Waals surface area contributed by atoms with Crippen LogP contribution >= 0.6 is 0 Å². The fourth-order valence-corrected chi connectivity index (χ4v) is 2.10. The van der Waals surface area contributed by atoms with Crippen molar-refractivity contribution in [2.24, 2.45) is 0 Å². The zero-order valence-corrected chi connectivity index (χ0v) is 9.85. The minimum absolute atomic E-state index is 0.187. The minimum Gasteiger partial charge on any atom is -0.507 e. The van der Waals surface area contributed by atoms with Gasteiger partial charge in [-0.05, 0) is 32.8 Å². The molecule has 88 valence electrons. The van der Waals surface area contributed by atoms with Crippen LogP contribution in [0, 0.1) is 0 Å². The van der Waals surface area contributed by atoms with Crippen molar-refractivity contribution in [3.63, 3.8) is 0 Å². The first-order valence-electron chi connectivity index (χ1n) is 5.91. The third-order valence-corrected chi connectivity index (χ3v) is 3.12. The van der Waals surface area contributed by atoms with E-state index in [2.05, 4.69) is 11.8 Å². The van der Waals surface area contributed by atoms with Gasteiger partial charge in [0.05, 0.1) is 6.10 Å².